The molecule has 33 heavy (non-hydrogen) atoms. The number of hydrazine groups is 1. The quantitative estimate of drug-likeness (QED) is 0.589. The first-order valence-electron chi connectivity index (χ1n) is 10.8. The third-order valence-corrected chi connectivity index (χ3v) is 7.04. The molecule has 5 heterocycles. The lowest BCUT2D eigenvalue weighted by atomic mass is 10.00. The largest absolute Gasteiger partial charge is 0.377 e. The number of fused-ring (bicyclic) bond motifs is 1. The van der Waals surface area contributed by atoms with E-state index in [0.717, 1.165) is 47.2 Å². The first kappa shape index (κ1) is 22.1. The normalized spacial score (nSPS) is 21.6. The van der Waals surface area contributed by atoms with Gasteiger partial charge in [0.15, 0.2) is 20.7 Å². The van der Waals surface area contributed by atoms with E-state index in [0.29, 0.717) is 25.3 Å². The van der Waals surface area contributed by atoms with Crippen molar-refractivity contribution >= 4 is 26.6 Å². The Morgan fingerprint density at radius 2 is 2.12 bits per heavy atom. The Morgan fingerprint density at radius 3 is 2.82 bits per heavy atom. The van der Waals surface area contributed by atoms with Crippen molar-refractivity contribution in [2.75, 3.05) is 37.5 Å². The van der Waals surface area contributed by atoms with Gasteiger partial charge in [0.2, 0.25) is 0 Å². The van der Waals surface area contributed by atoms with Gasteiger partial charge in [0.05, 0.1) is 36.5 Å². The molecule has 2 fully saturated rings. The van der Waals surface area contributed by atoms with Crippen molar-refractivity contribution in [1.82, 2.24) is 25.8 Å². The Labute approximate surface area is 191 Å². The molecule has 3 aromatic rings. The van der Waals surface area contributed by atoms with Gasteiger partial charge in [-0.2, -0.15) is 0 Å². The average Bonchev–Trinajstić information content (AvgIpc) is 3.32. The standard InChI is InChI=1S/C22H25FN6O3S/c1-13-12-32-8-7-29(13)19-10-16(14-9-17(23)22(25-11-14)33(2,30)31)15-3-5-24-21(20(15)27-19)18-4-6-26-28-18/h3,5,9-11,13,18,26,28H,4,6-8,12H2,1-2H3/t13-,18?/m1/s1. The molecule has 2 saturated heterocycles. The molecule has 0 aromatic carbocycles. The Morgan fingerprint density at radius 1 is 1.27 bits per heavy atom. The lowest BCUT2D eigenvalue weighted by Gasteiger charge is -2.34. The third kappa shape index (κ3) is 4.17. The molecule has 0 saturated carbocycles. The first-order chi connectivity index (χ1) is 15.8. The molecule has 2 aliphatic rings. The van der Waals surface area contributed by atoms with Crippen LogP contribution in [0.5, 0.6) is 0 Å². The average molecular weight is 473 g/mol. The van der Waals surface area contributed by atoms with Gasteiger partial charge in [-0.05, 0) is 37.1 Å². The highest BCUT2D eigenvalue weighted by Gasteiger charge is 2.26. The highest BCUT2D eigenvalue weighted by molar-refractivity contribution is 7.90. The minimum Gasteiger partial charge on any atom is -0.377 e. The summed E-state index contributed by atoms with van der Waals surface area (Å²) in [7, 11) is -3.77. The van der Waals surface area contributed by atoms with Gasteiger partial charge in [0.1, 0.15) is 5.82 Å². The molecule has 0 radical (unpaired) electrons. The minimum atomic E-state index is -3.77. The fourth-order valence-electron chi connectivity index (χ4n) is 4.40. The van der Waals surface area contributed by atoms with Crippen LogP contribution in [0.2, 0.25) is 0 Å². The number of sulfone groups is 1. The van der Waals surface area contributed by atoms with E-state index in [1.165, 1.54) is 12.3 Å². The summed E-state index contributed by atoms with van der Waals surface area (Å²) in [5.74, 6) is -0.140. The van der Waals surface area contributed by atoms with E-state index < -0.39 is 20.7 Å². The summed E-state index contributed by atoms with van der Waals surface area (Å²) in [5, 5.41) is 0.238. The van der Waals surface area contributed by atoms with E-state index in [-0.39, 0.29) is 12.1 Å². The van der Waals surface area contributed by atoms with Gasteiger partial charge in [0.25, 0.3) is 0 Å². The van der Waals surface area contributed by atoms with Crippen LogP contribution >= 0.6 is 0 Å². The van der Waals surface area contributed by atoms with Crippen LogP contribution in [-0.4, -0.2) is 62.0 Å². The molecule has 1 unspecified atom stereocenters. The predicted molar refractivity (Wildman–Crippen MR) is 122 cm³/mol. The Kier molecular flexibility index (Phi) is 5.73. The molecule has 0 spiro atoms. The second-order valence-electron chi connectivity index (χ2n) is 8.43. The zero-order valence-electron chi connectivity index (χ0n) is 18.4. The number of nitrogens with one attached hydrogen (secondary N) is 2. The summed E-state index contributed by atoms with van der Waals surface area (Å²) < 4.78 is 44.0. The van der Waals surface area contributed by atoms with Crippen LogP contribution in [0, 0.1) is 5.82 Å². The molecule has 0 aliphatic carbocycles. The third-order valence-electron chi connectivity index (χ3n) is 6.04. The number of anilines is 1. The summed E-state index contributed by atoms with van der Waals surface area (Å²) in [6.07, 6.45) is 4.92. The molecule has 3 aromatic heterocycles. The van der Waals surface area contributed by atoms with Gasteiger partial charge in [-0.1, -0.05) is 0 Å². The van der Waals surface area contributed by atoms with Crippen LogP contribution in [0.25, 0.3) is 22.0 Å². The van der Waals surface area contributed by atoms with Gasteiger partial charge in [-0.3, -0.25) is 10.4 Å². The van der Waals surface area contributed by atoms with E-state index in [9.17, 15) is 12.8 Å². The number of morpholine rings is 1. The topological polar surface area (TPSA) is 109 Å². The van der Waals surface area contributed by atoms with E-state index in [1.54, 1.807) is 6.20 Å². The molecule has 0 amide bonds. The number of rotatable bonds is 4. The maximum absolute atomic E-state index is 14.8. The molecule has 2 aliphatic heterocycles. The zero-order valence-corrected chi connectivity index (χ0v) is 19.2. The SMILES string of the molecule is C[C@@H]1COCCN1c1cc(-c2cnc(S(C)(=O)=O)c(F)c2)c2ccnc(C3CCNN3)c2n1. The molecular formula is C22H25FN6O3S. The number of ether oxygens (including phenoxy) is 1. The summed E-state index contributed by atoms with van der Waals surface area (Å²) in [4.78, 5) is 15.7. The van der Waals surface area contributed by atoms with Gasteiger partial charge in [0, 0.05) is 42.7 Å². The fraction of sp³-hybridized carbons (Fsp3) is 0.409. The molecule has 9 nitrogen and oxygen atoms in total. The fourth-order valence-corrected chi connectivity index (χ4v) is 5.06. The van der Waals surface area contributed by atoms with Gasteiger partial charge < -0.3 is 9.64 Å². The van der Waals surface area contributed by atoms with Gasteiger partial charge >= 0.3 is 0 Å². The minimum absolute atomic E-state index is 0.00566. The predicted octanol–water partition coefficient (Wildman–Crippen LogP) is 2.00. The Hall–Kier alpha value is -2.73. The maximum atomic E-state index is 14.8. The van der Waals surface area contributed by atoms with E-state index >= 15 is 0 Å². The maximum Gasteiger partial charge on any atom is 0.195 e. The molecule has 174 valence electrons. The second-order valence-corrected chi connectivity index (χ2v) is 10.4. The summed E-state index contributed by atoms with van der Waals surface area (Å²) >= 11 is 0. The number of halogens is 1. The number of nitrogens with zero attached hydrogens (tertiary/aromatic N) is 4. The van der Waals surface area contributed by atoms with Crippen LogP contribution in [0.1, 0.15) is 25.1 Å². The van der Waals surface area contributed by atoms with E-state index in [1.807, 2.05) is 12.1 Å². The van der Waals surface area contributed by atoms with Gasteiger partial charge in [-0.25, -0.2) is 28.2 Å². The molecule has 0 bridgehead atoms. The van der Waals surface area contributed by atoms with Crippen LogP contribution in [-0.2, 0) is 14.6 Å². The molecule has 2 atom stereocenters. The zero-order chi connectivity index (χ0) is 23.2. The van der Waals surface area contributed by atoms with Crippen LogP contribution in [0.4, 0.5) is 10.2 Å². The van der Waals surface area contributed by atoms with Crippen LogP contribution < -0.4 is 15.8 Å². The van der Waals surface area contributed by atoms with Crippen LogP contribution in [0.3, 0.4) is 0 Å². The van der Waals surface area contributed by atoms with Crippen molar-refractivity contribution < 1.29 is 17.5 Å². The summed E-state index contributed by atoms with van der Waals surface area (Å²) in [6, 6.07) is 5.09. The number of pyridine rings is 3. The van der Waals surface area contributed by atoms with E-state index in [4.69, 9.17) is 9.72 Å². The Balaban J connectivity index is 1.73. The Bertz CT molecular complexity index is 1310. The number of hydrogen-bond acceptors (Lipinski definition) is 9. The lowest BCUT2D eigenvalue weighted by molar-refractivity contribution is 0.0986. The van der Waals surface area contributed by atoms with Crippen molar-refractivity contribution in [1.29, 1.82) is 0 Å². The lowest BCUT2D eigenvalue weighted by Crippen LogP contribution is -2.44. The molecule has 11 heteroatoms. The molecule has 2 N–H and O–H groups in total. The van der Waals surface area contributed by atoms with Crippen molar-refractivity contribution in [3.05, 3.63) is 42.1 Å². The smallest absolute Gasteiger partial charge is 0.195 e. The van der Waals surface area contributed by atoms with Crippen molar-refractivity contribution in [2.45, 2.75) is 30.5 Å². The van der Waals surface area contributed by atoms with Crippen molar-refractivity contribution in [3.63, 3.8) is 0 Å². The molecule has 5 rings (SSSR count). The summed E-state index contributed by atoms with van der Waals surface area (Å²) in [5.41, 5.74) is 9.09. The van der Waals surface area contributed by atoms with Crippen molar-refractivity contribution in [3.8, 4) is 11.1 Å². The first-order valence-corrected chi connectivity index (χ1v) is 12.7. The highest BCUT2D eigenvalue weighted by Crippen LogP contribution is 2.35. The summed E-state index contributed by atoms with van der Waals surface area (Å²) in [6.45, 7) is 4.74. The van der Waals surface area contributed by atoms with Crippen molar-refractivity contribution in [2.24, 2.45) is 0 Å². The molecular weight excluding hydrogens is 447 g/mol. The number of hydrogen-bond donors (Lipinski definition) is 2. The van der Waals surface area contributed by atoms with E-state index in [2.05, 4.69) is 32.6 Å². The van der Waals surface area contributed by atoms with Gasteiger partial charge in [-0.15, -0.1) is 0 Å². The highest BCUT2D eigenvalue weighted by atomic mass is 32.2. The second kappa shape index (κ2) is 8.56. The monoisotopic (exact) mass is 472 g/mol. The number of aromatic nitrogens is 3. The van der Waals surface area contributed by atoms with Crippen LogP contribution in [0.15, 0.2) is 35.6 Å².